The van der Waals surface area contributed by atoms with Crippen LogP contribution in [0.15, 0.2) is 53.4 Å². The van der Waals surface area contributed by atoms with Crippen molar-refractivity contribution < 1.29 is 13.5 Å². The normalized spacial score (nSPS) is 11.5. The molecule has 2 aromatic carbocycles. The van der Waals surface area contributed by atoms with Crippen molar-refractivity contribution in [2.45, 2.75) is 11.4 Å². The summed E-state index contributed by atoms with van der Waals surface area (Å²) >= 11 is 1.01. The minimum Gasteiger partial charge on any atom is -0.504 e. The average molecular weight is 406 g/mol. The molecule has 1 aromatic heterocycles. The first-order valence-corrected chi connectivity index (χ1v) is 10.2. The Morgan fingerprint density at radius 3 is 2.44 bits per heavy atom. The van der Waals surface area contributed by atoms with Crippen LogP contribution in [0.5, 0.6) is 5.75 Å². The molecular weight excluding hydrogens is 386 g/mol. The lowest BCUT2D eigenvalue weighted by Gasteiger charge is -2.15. The van der Waals surface area contributed by atoms with Crippen LogP contribution < -0.4 is 10.6 Å². The van der Waals surface area contributed by atoms with Crippen molar-refractivity contribution in [3.63, 3.8) is 0 Å². The Morgan fingerprint density at radius 2 is 1.74 bits per heavy atom. The van der Waals surface area contributed by atoms with E-state index in [9.17, 15) is 13.5 Å². The van der Waals surface area contributed by atoms with Gasteiger partial charge in [0.2, 0.25) is 10.0 Å². The minimum atomic E-state index is -3.77. The lowest BCUT2D eigenvalue weighted by Crippen LogP contribution is -2.22. The van der Waals surface area contributed by atoms with Crippen molar-refractivity contribution in [1.82, 2.24) is 13.1 Å². The van der Waals surface area contributed by atoms with Crippen molar-refractivity contribution in [1.29, 1.82) is 0 Å². The molecule has 0 aliphatic rings. The third-order valence-corrected chi connectivity index (χ3v) is 6.18. The molecule has 0 amide bonds. The highest BCUT2D eigenvalue weighted by atomic mass is 32.2. The molecule has 142 valence electrons. The van der Waals surface area contributed by atoms with E-state index in [4.69, 9.17) is 0 Å². The smallest absolute Gasteiger partial charge is 0.246 e. The quantitative estimate of drug-likeness (QED) is 0.519. The number of nitrogens with one attached hydrogen (secondary N) is 2. The number of hydrogen-bond donors (Lipinski definition) is 3. The zero-order valence-corrected chi connectivity index (χ0v) is 16.4. The Labute approximate surface area is 161 Å². The van der Waals surface area contributed by atoms with E-state index in [1.165, 1.54) is 20.2 Å². The van der Waals surface area contributed by atoms with Gasteiger partial charge < -0.3 is 15.7 Å². The van der Waals surface area contributed by atoms with Crippen LogP contribution >= 0.6 is 11.7 Å². The number of benzene rings is 2. The summed E-state index contributed by atoms with van der Waals surface area (Å²) in [5.41, 5.74) is 1.31. The predicted molar refractivity (Wildman–Crippen MR) is 106 cm³/mol. The van der Waals surface area contributed by atoms with Gasteiger partial charge in [0.1, 0.15) is 4.90 Å². The minimum absolute atomic E-state index is 0.181. The monoisotopic (exact) mass is 405 g/mol. The van der Waals surface area contributed by atoms with Crippen LogP contribution in [-0.4, -0.2) is 40.7 Å². The molecule has 0 unspecified atom stereocenters. The van der Waals surface area contributed by atoms with E-state index in [2.05, 4.69) is 19.4 Å². The van der Waals surface area contributed by atoms with E-state index in [0.717, 1.165) is 21.6 Å². The summed E-state index contributed by atoms with van der Waals surface area (Å²) in [7, 11) is -0.956. The SMILES string of the molecule is CN(C)S(=O)(=O)c1cccc(Nc2nsnc2NCc2ccccc2)c1O. The van der Waals surface area contributed by atoms with Gasteiger partial charge in [-0.2, -0.15) is 8.75 Å². The number of hydrogen-bond acceptors (Lipinski definition) is 8. The van der Waals surface area contributed by atoms with Crippen molar-refractivity contribution in [3.05, 3.63) is 54.1 Å². The molecule has 0 atom stereocenters. The summed E-state index contributed by atoms with van der Waals surface area (Å²) in [6, 6.07) is 14.3. The molecular formula is C17H19N5O3S2. The van der Waals surface area contributed by atoms with Crippen LogP contribution in [0.3, 0.4) is 0 Å². The summed E-state index contributed by atoms with van der Waals surface area (Å²) in [5.74, 6) is 0.558. The summed E-state index contributed by atoms with van der Waals surface area (Å²) in [6.07, 6.45) is 0. The van der Waals surface area contributed by atoms with Gasteiger partial charge in [0.05, 0.1) is 17.4 Å². The zero-order valence-electron chi connectivity index (χ0n) is 14.7. The number of nitrogens with zero attached hydrogens (tertiary/aromatic N) is 3. The molecule has 0 fully saturated rings. The number of para-hydroxylation sites is 1. The molecule has 0 radical (unpaired) electrons. The first kappa shape index (κ1) is 19.1. The summed E-state index contributed by atoms with van der Waals surface area (Å²) in [5, 5.41) is 16.6. The lowest BCUT2D eigenvalue weighted by atomic mass is 10.2. The maximum absolute atomic E-state index is 12.3. The second kappa shape index (κ2) is 7.91. The summed E-state index contributed by atoms with van der Waals surface area (Å²) in [4.78, 5) is -0.181. The largest absolute Gasteiger partial charge is 0.504 e. The van der Waals surface area contributed by atoms with E-state index in [0.29, 0.717) is 18.2 Å². The molecule has 3 rings (SSSR count). The van der Waals surface area contributed by atoms with Gasteiger partial charge in [0.15, 0.2) is 17.4 Å². The first-order valence-electron chi connectivity index (χ1n) is 8.01. The highest BCUT2D eigenvalue weighted by Crippen LogP contribution is 2.35. The van der Waals surface area contributed by atoms with E-state index in [1.807, 2.05) is 30.3 Å². The molecule has 10 heteroatoms. The Morgan fingerprint density at radius 1 is 1.04 bits per heavy atom. The highest BCUT2D eigenvalue weighted by Gasteiger charge is 2.23. The molecule has 3 aromatic rings. The van der Waals surface area contributed by atoms with Crippen LogP contribution in [0, 0.1) is 0 Å². The van der Waals surface area contributed by atoms with Gasteiger partial charge in [-0.15, -0.1) is 0 Å². The number of aromatic nitrogens is 2. The van der Waals surface area contributed by atoms with Gasteiger partial charge in [-0.1, -0.05) is 36.4 Å². The van der Waals surface area contributed by atoms with Gasteiger partial charge in [-0.25, -0.2) is 12.7 Å². The molecule has 3 N–H and O–H groups in total. The lowest BCUT2D eigenvalue weighted by molar-refractivity contribution is 0.454. The molecule has 27 heavy (non-hydrogen) atoms. The average Bonchev–Trinajstić information content (AvgIpc) is 3.09. The third kappa shape index (κ3) is 4.18. The molecule has 8 nitrogen and oxygen atoms in total. The van der Waals surface area contributed by atoms with Gasteiger partial charge in [0, 0.05) is 20.6 Å². The molecule has 0 aliphatic heterocycles. The van der Waals surface area contributed by atoms with Crippen molar-refractivity contribution in [2.24, 2.45) is 0 Å². The van der Waals surface area contributed by atoms with Crippen molar-refractivity contribution >= 4 is 39.1 Å². The zero-order chi connectivity index (χ0) is 19.4. The topological polar surface area (TPSA) is 107 Å². The van der Waals surface area contributed by atoms with E-state index >= 15 is 0 Å². The number of phenols is 1. The molecule has 0 spiro atoms. The van der Waals surface area contributed by atoms with Crippen LogP contribution in [-0.2, 0) is 16.6 Å². The first-order chi connectivity index (χ1) is 12.9. The van der Waals surface area contributed by atoms with Gasteiger partial charge in [-0.05, 0) is 17.7 Å². The van der Waals surface area contributed by atoms with E-state index in [1.54, 1.807) is 12.1 Å². The second-order valence-corrected chi connectivity index (χ2v) is 8.51. The Hall–Kier alpha value is -2.69. The predicted octanol–water partition coefficient (Wildman–Crippen LogP) is 2.85. The fraction of sp³-hybridized carbons (Fsp3) is 0.176. The molecule has 0 saturated heterocycles. The maximum atomic E-state index is 12.3. The van der Waals surface area contributed by atoms with Crippen LogP contribution in [0.4, 0.5) is 17.3 Å². The number of sulfonamides is 1. The van der Waals surface area contributed by atoms with E-state index < -0.39 is 10.0 Å². The Balaban J connectivity index is 1.82. The van der Waals surface area contributed by atoms with E-state index in [-0.39, 0.29) is 16.3 Å². The number of phenolic OH excluding ortho intramolecular Hbond substituents is 1. The van der Waals surface area contributed by atoms with Crippen molar-refractivity contribution in [2.75, 3.05) is 24.7 Å². The third-order valence-electron chi connectivity index (χ3n) is 3.80. The summed E-state index contributed by atoms with van der Waals surface area (Å²) < 4.78 is 34.1. The van der Waals surface area contributed by atoms with Crippen molar-refractivity contribution in [3.8, 4) is 5.75 Å². The molecule has 0 bridgehead atoms. The van der Waals surface area contributed by atoms with Gasteiger partial charge in [-0.3, -0.25) is 0 Å². The Kier molecular flexibility index (Phi) is 5.59. The highest BCUT2D eigenvalue weighted by molar-refractivity contribution is 7.89. The standard InChI is InChI=1S/C17H19N5O3S2/c1-22(2)27(24,25)14-10-6-9-13(15(14)23)19-17-16(20-26-21-17)18-11-12-7-4-3-5-8-12/h3-10,23H,11H2,1-2H3,(H,18,20)(H,19,21). The number of rotatable bonds is 7. The fourth-order valence-electron chi connectivity index (χ4n) is 2.32. The van der Waals surface area contributed by atoms with Gasteiger partial charge in [0.25, 0.3) is 0 Å². The van der Waals surface area contributed by atoms with Crippen LogP contribution in [0.2, 0.25) is 0 Å². The second-order valence-electron chi connectivity index (χ2n) is 5.87. The molecule has 0 saturated carbocycles. The van der Waals surface area contributed by atoms with Crippen LogP contribution in [0.1, 0.15) is 5.56 Å². The van der Waals surface area contributed by atoms with Gasteiger partial charge >= 0.3 is 0 Å². The maximum Gasteiger partial charge on any atom is 0.246 e. The Bertz CT molecular complexity index is 1020. The summed E-state index contributed by atoms with van der Waals surface area (Å²) in [6.45, 7) is 0.558. The fourth-order valence-corrected chi connectivity index (χ4v) is 3.81. The number of aromatic hydroxyl groups is 1. The molecule has 1 heterocycles. The molecule has 0 aliphatic carbocycles. The number of anilines is 3. The van der Waals surface area contributed by atoms with Crippen LogP contribution in [0.25, 0.3) is 0 Å².